The summed E-state index contributed by atoms with van der Waals surface area (Å²) in [5.41, 5.74) is 2.95. The van der Waals surface area contributed by atoms with Crippen molar-refractivity contribution in [1.29, 1.82) is 0 Å². The standard InChI is InChI=1S/C14H29N3O2/c1-2-17-8-10-19-14(11-17)13(16-15)7-3-5-12-6-4-9-18-12/h12-14,16H,2-11,15H2,1H3. The Hall–Kier alpha value is -0.200. The zero-order valence-corrected chi connectivity index (χ0v) is 12.1. The van der Waals surface area contributed by atoms with Crippen molar-refractivity contribution < 1.29 is 9.47 Å². The number of nitrogens with zero attached hydrogens (tertiary/aromatic N) is 1. The highest BCUT2D eigenvalue weighted by molar-refractivity contribution is 4.82. The summed E-state index contributed by atoms with van der Waals surface area (Å²) in [6.07, 6.45) is 6.54. The van der Waals surface area contributed by atoms with Gasteiger partial charge in [0.2, 0.25) is 0 Å². The van der Waals surface area contributed by atoms with Gasteiger partial charge in [-0.05, 0) is 38.6 Å². The van der Waals surface area contributed by atoms with Crippen LogP contribution < -0.4 is 11.3 Å². The van der Waals surface area contributed by atoms with Gasteiger partial charge in [0.1, 0.15) is 0 Å². The zero-order valence-electron chi connectivity index (χ0n) is 12.1. The highest BCUT2D eigenvalue weighted by Gasteiger charge is 2.27. The molecule has 0 aliphatic carbocycles. The van der Waals surface area contributed by atoms with E-state index in [0.29, 0.717) is 6.10 Å². The molecular formula is C14H29N3O2. The summed E-state index contributed by atoms with van der Waals surface area (Å²) in [5.74, 6) is 5.70. The Morgan fingerprint density at radius 1 is 1.37 bits per heavy atom. The Bertz CT molecular complexity index is 247. The Kier molecular flexibility index (Phi) is 6.53. The second kappa shape index (κ2) is 8.17. The van der Waals surface area contributed by atoms with Gasteiger partial charge in [-0.2, -0.15) is 0 Å². The first kappa shape index (κ1) is 15.2. The molecule has 112 valence electrons. The van der Waals surface area contributed by atoms with Crippen LogP contribution in [0.4, 0.5) is 0 Å². The molecule has 0 radical (unpaired) electrons. The normalized spacial score (nSPS) is 30.6. The number of nitrogens with two attached hydrogens (primary N) is 1. The van der Waals surface area contributed by atoms with Crippen LogP contribution >= 0.6 is 0 Å². The molecule has 2 fully saturated rings. The summed E-state index contributed by atoms with van der Waals surface area (Å²) in [5, 5.41) is 0. The molecule has 0 saturated carbocycles. The fourth-order valence-corrected chi connectivity index (χ4v) is 3.08. The number of morpholine rings is 1. The molecule has 0 bridgehead atoms. The maximum absolute atomic E-state index is 5.87. The number of nitrogens with one attached hydrogen (secondary N) is 1. The fourth-order valence-electron chi connectivity index (χ4n) is 3.08. The molecule has 5 heteroatoms. The van der Waals surface area contributed by atoms with Crippen molar-refractivity contribution in [2.45, 2.75) is 57.3 Å². The van der Waals surface area contributed by atoms with Gasteiger partial charge in [-0.15, -0.1) is 0 Å². The molecule has 3 atom stereocenters. The van der Waals surface area contributed by atoms with Crippen molar-refractivity contribution in [1.82, 2.24) is 10.3 Å². The van der Waals surface area contributed by atoms with Gasteiger partial charge in [0.05, 0.1) is 18.8 Å². The van der Waals surface area contributed by atoms with E-state index in [-0.39, 0.29) is 12.1 Å². The average molecular weight is 271 g/mol. The lowest BCUT2D eigenvalue weighted by molar-refractivity contribution is -0.0469. The molecule has 3 N–H and O–H groups in total. The molecule has 2 rings (SSSR count). The van der Waals surface area contributed by atoms with Crippen LogP contribution in [-0.2, 0) is 9.47 Å². The first-order valence-corrected chi connectivity index (χ1v) is 7.75. The van der Waals surface area contributed by atoms with Gasteiger partial charge >= 0.3 is 0 Å². The van der Waals surface area contributed by atoms with Crippen LogP contribution in [0, 0.1) is 0 Å². The van der Waals surface area contributed by atoms with E-state index in [9.17, 15) is 0 Å². The smallest absolute Gasteiger partial charge is 0.0868 e. The van der Waals surface area contributed by atoms with Gasteiger partial charge in [-0.1, -0.05) is 6.92 Å². The van der Waals surface area contributed by atoms with E-state index in [4.69, 9.17) is 15.3 Å². The largest absolute Gasteiger partial charge is 0.378 e. The molecule has 2 aliphatic rings. The Balaban J connectivity index is 1.69. The number of rotatable bonds is 7. The van der Waals surface area contributed by atoms with Crippen LogP contribution in [0.1, 0.15) is 39.0 Å². The van der Waals surface area contributed by atoms with Crippen molar-refractivity contribution >= 4 is 0 Å². The first-order chi connectivity index (χ1) is 9.33. The molecule has 0 amide bonds. The highest BCUT2D eigenvalue weighted by atomic mass is 16.5. The van der Waals surface area contributed by atoms with Gasteiger partial charge < -0.3 is 9.47 Å². The van der Waals surface area contributed by atoms with E-state index in [0.717, 1.165) is 52.1 Å². The van der Waals surface area contributed by atoms with E-state index in [1.807, 2.05) is 0 Å². The van der Waals surface area contributed by atoms with Crippen LogP contribution in [0.2, 0.25) is 0 Å². The quantitative estimate of drug-likeness (QED) is 0.532. The molecule has 2 saturated heterocycles. The van der Waals surface area contributed by atoms with Crippen molar-refractivity contribution in [2.75, 3.05) is 32.8 Å². The van der Waals surface area contributed by atoms with Gasteiger partial charge in [-0.3, -0.25) is 16.2 Å². The monoisotopic (exact) mass is 271 g/mol. The Morgan fingerprint density at radius 3 is 2.95 bits per heavy atom. The number of hydrogen-bond acceptors (Lipinski definition) is 5. The van der Waals surface area contributed by atoms with Crippen LogP contribution in [0.3, 0.4) is 0 Å². The summed E-state index contributed by atoms with van der Waals surface area (Å²) in [4.78, 5) is 2.43. The van der Waals surface area contributed by atoms with Gasteiger partial charge in [-0.25, -0.2) is 0 Å². The zero-order chi connectivity index (χ0) is 13.5. The van der Waals surface area contributed by atoms with Crippen molar-refractivity contribution in [2.24, 2.45) is 5.84 Å². The lowest BCUT2D eigenvalue weighted by Crippen LogP contribution is -2.53. The molecule has 2 heterocycles. The summed E-state index contributed by atoms with van der Waals surface area (Å²) < 4.78 is 11.5. The maximum atomic E-state index is 5.87. The third kappa shape index (κ3) is 4.68. The lowest BCUT2D eigenvalue weighted by atomic mass is 10.0. The molecule has 0 aromatic rings. The summed E-state index contributed by atoms with van der Waals surface area (Å²) in [7, 11) is 0. The first-order valence-electron chi connectivity index (χ1n) is 7.75. The third-order valence-corrected chi connectivity index (χ3v) is 4.35. The molecule has 19 heavy (non-hydrogen) atoms. The highest BCUT2D eigenvalue weighted by Crippen LogP contribution is 2.19. The topological polar surface area (TPSA) is 59.8 Å². The molecule has 0 aromatic carbocycles. The minimum Gasteiger partial charge on any atom is -0.378 e. The van der Waals surface area contributed by atoms with E-state index >= 15 is 0 Å². The van der Waals surface area contributed by atoms with Gasteiger partial charge in [0.15, 0.2) is 0 Å². The molecule has 0 aromatic heterocycles. The summed E-state index contributed by atoms with van der Waals surface area (Å²) in [6, 6.07) is 0.260. The lowest BCUT2D eigenvalue weighted by Gasteiger charge is -2.36. The van der Waals surface area contributed by atoms with Crippen LogP contribution in [0.25, 0.3) is 0 Å². The van der Waals surface area contributed by atoms with Gasteiger partial charge in [0.25, 0.3) is 0 Å². The van der Waals surface area contributed by atoms with Crippen LogP contribution in [0.5, 0.6) is 0 Å². The molecular weight excluding hydrogens is 242 g/mol. The predicted octanol–water partition coefficient (Wildman–Crippen LogP) is 0.888. The third-order valence-electron chi connectivity index (χ3n) is 4.35. The number of hydrazine groups is 1. The SMILES string of the molecule is CCN1CCOC(C(CCCC2CCCO2)NN)C1. The van der Waals surface area contributed by atoms with Crippen LogP contribution in [0.15, 0.2) is 0 Å². The van der Waals surface area contributed by atoms with Crippen molar-refractivity contribution in [3.8, 4) is 0 Å². The molecule has 0 spiro atoms. The van der Waals surface area contributed by atoms with E-state index in [1.165, 1.54) is 12.8 Å². The predicted molar refractivity (Wildman–Crippen MR) is 75.8 cm³/mol. The Labute approximate surface area is 116 Å². The molecule has 2 aliphatic heterocycles. The van der Waals surface area contributed by atoms with E-state index in [1.54, 1.807) is 0 Å². The van der Waals surface area contributed by atoms with Crippen molar-refractivity contribution in [3.63, 3.8) is 0 Å². The minimum absolute atomic E-state index is 0.225. The average Bonchev–Trinajstić information content (AvgIpc) is 2.97. The Morgan fingerprint density at radius 2 is 2.26 bits per heavy atom. The summed E-state index contributed by atoms with van der Waals surface area (Å²) >= 11 is 0. The number of hydrogen-bond donors (Lipinski definition) is 2. The second-order valence-corrected chi connectivity index (χ2v) is 5.64. The van der Waals surface area contributed by atoms with E-state index in [2.05, 4.69) is 17.2 Å². The van der Waals surface area contributed by atoms with Crippen molar-refractivity contribution in [3.05, 3.63) is 0 Å². The second-order valence-electron chi connectivity index (χ2n) is 5.64. The number of ether oxygens (including phenoxy) is 2. The van der Waals surface area contributed by atoms with Crippen LogP contribution in [-0.4, -0.2) is 56.0 Å². The van der Waals surface area contributed by atoms with E-state index < -0.39 is 0 Å². The van der Waals surface area contributed by atoms with Gasteiger partial charge in [0, 0.05) is 25.7 Å². The molecule has 3 unspecified atom stereocenters. The maximum Gasteiger partial charge on any atom is 0.0868 e. The number of likely N-dealkylation sites (N-methyl/N-ethyl adjacent to an activating group) is 1. The minimum atomic E-state index is 0.225. The summed E-state index contributed by atoms with van der Waals surface area (Å²) in [6.45, 7) is 7.09. The fraction of sp³-hybridized carbons (Fsp3) is 1.00. The molecule has 5 nitrogen and oxygen atoms in total.